The summed E-state index contributed by atoms with van der Waals surface area (Å²) in [5.41, 5.74) is 4.34. The molecule has 0 saturated carbocycles. The predicted molar refractivity (Wildman–Crippen MR) is 78.7 cm³/mol. The normalized spacial score (nSPS) is 22.6. The van der Waals surface area contributed by atoms with Crippen LogP contribution in [-0.4, -0.2) is 33.4 Å². The molecule has 2 heterocycles. The molecule has 3 nitrogen and oxygen atoms in total. The van der Waals surface area contributed by atoms with Crippen LogP contribution in [0.4, 0.5) is 5.69 Å². The van der Waals surface area contributed by atoms with E-state index in [0.717, 1.165) is 26.3 Å². The summed E-state index contributed by atoms with van der Waals surface area (Å²) in [6.45, 7) is 5.12. The molecule has 2 aliphatic heterocycles. The summed E-state index contributed by atoms with van der Waals surface area (Å²) >= 11 is 0. The fourth-order valence-corrected chi connectivity index (χ4v) is 3.11. The molecule has 1 N–H and O–H groups in total. The summed E-state index contributed by atoms with van der Waals surface area (Å²) in [6.07, 6.45) is 3.71. The summed E-state index contributed by atoms with van der Waals surface area (Å²) in [4.78, 5) is 2.37. The van der Waals surface area contributed by atoms with Crippen LogP contribution in [0, 0.1) is 5.92 Å². The second kappa shape index (κ2) is 5.93. The number of aryl methyl sites for hydroxylation is 1. The third kappa shape index (κ3) is 3.10. The van der Waals surface area contributed by atoms with Crippen molar-refractivity contribution in [3.63, 3.8) is 0 Å². The molecule has 0 amide bonds. The molecule has 3 rings (SSSR count). The van der Waals surface area contributed by atoms with Gasteiger partial charge >= 0.3 is 0 Å². The van der Waals surface area contributed by atoms with E-state index in [1.54, 1.807) is 0 Å². The van der Waals surface area contributed by atoms with Gasteiger partial charge in [-0.1, -0.05) is 12.1 Å². The van der Waals surface area contributed by atoms with E-state index in [0.29, 0.717) is 5.92 Å². The highest BCUT2D eigenvalue weighted by Crippen LogP contribution is 2.26. The quantitative estimate of drug-likeness (QED) is 0.898. The average molecular weight is 260 g/mol. The minimum absolute atomic E-state index is 0.712. The Morgan fingerprint density at radius 1 is 1.42 bits per heavy atom. The highest BCUT2D eigenvalue weighted by atomic mass is 16.5. The molecule has 1 atom stereocenters. The van der Waals surface area contributed by atoms with Gasteiger partial charge in [-0.15, -0.1) is 0 Å². The van der Waals surface area contributed by atoms with Gasteiger partial charge in [0.15, 0.2) is 0 Å². The van der Waals surface area contributed by atoms with Crippen molar-refractivity contribution in [3.05, 3.63) is 29.3 Å². The van der Waals surface area contributed by atoms with Crippen LogP contribution in [-0.2, 0) is 17.7 Å². The lowest BCUT2D eigenvalue weighted by molar-refractivity contribution is 0.185. The molecule has 1 aromatic rings. The van der Waals surface area contributed by atoms with Crippen molar-refractivity contribution in [2.45, 2.75) is 25.8 Å². The van der Waals surface area contributed by atoms with Gasteiger partial charge in [0.1, 0.15) is 0 Å². The molecule has 1 fully saturated rings. The van der Waals surface area contributed by atoms with Crippen LogP contribution in [0.2, 0.25) is 0 Å². The highest BCUT2D eigenvalue weighted by Gasteiger charge is 2.16. The topological polar surface area (TPSA) is 24.5 Å². The number of rotatable bonds is 4. The Morgan fingerprint density at radius 3 is 3.21 bits per heavy atom. The standard InChI is InChI=1S/C16H24N2O/c1-18-7-2-3-15-9-13(4-5-16(15)18)10-17-11-14-6-8-19-12-14/h4-5,9,14,17H,2-3,6-8,10-12H2,1H3. The maximum absolute atomic E-state index is 5.40. The van der Waals surface area contributed by atoms with Crippen LogP contribution >= 0.6 is 0 Å². The predicted octanol–water partition coefficient (Wildman–Crippen LogP) is 2.20. The largest absolute Gasteiger partial charge is 0.381 e. The molecule has 1 aromatic carbocycles. The average Bonchev–Trinajstić information content (AvgIpc) is 2.92. The summed E-state index contributed by atoms with van der Waals surface area (Å²) in [6, 6.07) is 6.92. The second-order valence-corrected chi connectivity index (χ2v) is 5.85. The van der Waals surface area contributed by atoms with Gasteiger partial charge in [-0.3, -0.25) is 0 Å². The van der Waals surface area contributed by atoms with Crippen LogP contribution in [0.3, 0.4) is 0 Å². The Hall–Kier alpha value is -1.06. The monoisotopic (exact) mass is 260 g/mol. The maximum Gasteiger partial charge on any atom is 0.0507 e. The molecule has 0 aromatic heterocycles. The zero-order valence-electron chi connectivity index (χ0n) is 11.8. The number of hydrogen-bond acceptors (Lipinski definition) is 3. The smallest absolute Gasteiger partial charge is 0.0507 e. The number of ether oxygens (including phenoxy) is 1. The van der Waals surface area contributed by atoms with Crippen molar-refractivity contribution >= 4 is 5.69 Å². The summed E-state index contributed by atoms with van der Waals surface area (Å²) < 4.78 is 5.40. The van der Waals surface area contributed by atoms with Gasteiger partial charge in [0.05, 0.1) is 6.61 Å². The van der Waals surface area contributed by atoms with Crippen LogP contribution in [0.5, 0.6) is 0 Å². The van der Waals surface area contributed by atoms with Crippen LogP contribution in [0.1, 0.15) is 24.0 Å². The lowest BCUT2D eigenvalue weighted by atomic mass is 9.99. The number of anilines is 1. The van der Waals surface area contributed by atoms with Gasteiger partial charge in [0, 0.05) is 39.0 Å². The van der Waals surface area contributed by atoms with Crippen molar-refractivity contribution in [1.82, 2.24) is 5.32 Å². The number of benzene rings is 1. The lowest BCUT2D eigenvalue weighted by Crippen LogP contribution is -2.25. The van der Waals surface area contributed by atoms with Gasteiger partial charge in [-0.25, -0.2) is 0 Å². The van der Waals surface area contributed by atoms with Gasteiger partial charge in [0.2, 0.25) is 0 Å². The molecule has 1 unspecified atom stereocenters. The van der Waals surface area contributed by atoms with Crippen LogP contribution in [0.25, 0.3) is 0 Å². The second-order valence-electron chi connectivity index (χ2n) is 5.85. The number of fused-ring (bicyclic) bond motifs is 1. The molecule has 0 bridgehead atoms. The van der Waals surface area contributed by atoms with E-state index in [1.807, 2.05) is 0 Å². The Balaban J connectivity index is 1.56. The SMILES string of the molecule is CN1CCCc2cc(CNCC3CCOC3)ccc21. The Morgan fingerprint density at radius 2 is 2.37 bits per heavy atom. The third-order valence-corrected chi connectivity index (χ3v) is 4.28. The van der Waals surface area contributed by atoms with E-state index in [9.17, 15) is 0 Å². The van der Waals surface area contributed by atoms with Crippen molar-refractivity contribution in [3.8, 4) is 0 Å². The van der Waals surface area contributed by atoms with Crippen molar-refractivity contribution in [2.24, 2.45) is 5.92 Å². The van der Waals surface area contributed by atoms with Gasteiger partial charge < -0.3 is 15.0 Å². The first kappa shape index (κ1) is 12.9. The number of hydrogen-bond donors (Lipinski definition) is 1. The van der Waals surface area contributed by atoms with E-state index in [-0.39, 0.29) is 0 Å². The Labute approximate surface area is 115 Å². The molecule has 104 valence electrons. The molecule has 0 aliphatic carbocycles. The summed E-state index contributed by atoms with van der Waals surface area (Å²) in [5, 5.41) is 3.57. The van der Waals surface area contributed by atoms with Crippen molar-refractivity contribution in [1.29, 1.82) is 0 Å². The molecule has 1 saturated heterocycles. The lowest BCUT2D eigenvalue weighted by Gasteiger charge is -2.27. The van der Waals surface area contributed by atoms with Crippen LogP contribution < -0.4 is 10.2 Å². The minimum Gasteiger partial charge on any atom is -0.381 e. The zero-order valence-corrected chi connectivity index (χ0v) is 11.8. The minimum atomic E-state index is 0.712. The molecule has 2 aliphatic rings. The Bertz CT molecular complexity index is 427. The van der Waals surface area contributed by atoms with Gasteiger partial charge in [-0.2, -0.15) is 0 Å². The van der Waals surface area contributed by atoms with Crippen molar-refractivity contribution < 1.29 is 4.74 Å². The fraction of sp³-hybridized carbons (Fsp3) is 0.625. The molecule has 0 radical (unpaired) electrons. The van der Waals surface area contributed by atoms with Crippen molar-refractivity contribution in [2.75, 3.05) is 38.3 Å². The summed E-state index contributed by atoms with van der Waals surface area (Å²) in [5.74, 6) is 0.712. The van der Waals surface area contributed by atoms with E-state index in [2.05, 4.69) is 35.5 Å². The molecule has 19 heavy (non-hydrogen) atoms. The fourth-order valence-electron chi connectivity index (χ4n) is 3.11. The van der Waals surface area contributed by atoms with E-state index < -0.39 is 0 Å². The Kier molecular flexibility index (Phi) is 4.04. The van der Waals surface area contributed by atoms with Gasteiger partial charge in [0.25, 0.3) is 0 Å². The first-order valence-electron chi connectivity index (χ1n) is 7.44. The molecule has 3 heteroatoms. The third-order valence-electron chi connectivity index (χ3n) is 4.28. The van der Waals surface area contributed by atoms with E-state index in [4.69, 9.17) is 4.74 Å². The van der Waals surface area contributed by atoms with E-state index >= 15 is 0 Å². The maximum atomic E-state index is 5.40. The first-order valence-corrected chi connectivity index (χ1v) is 7.44. The summed E-state index contributed by atoms with van der Waals surface area (Å²) in [7, 11) is 2.19. The molecular weight excluding hydrogens is 236 g/mol. The van der Waals surface area contributed by atoms with E-state index in [1.165, 1.54) is 42.6 Å². The highest BCUT2D eigenvalue weighted by molar-refractivity contribution is 5.56. The molecule has 0 spiro atoms. The zero-order chi connectivity index (χ0) is 13.1. The van der Waals surface area contributed by atoms with Gasteiger partial charge in [-0.05, 0) is 42.4 Å². The first-order chi connectivity index (χ1) is 9.33. The van der Waals surface area contributed by atoms with Crippen LogP contribution in [0.15, 0.2) is 18.2 Å². The number of nitrogens with zero attached hydrogens (tertiary/aromatic N) is 1. The molecular formula is C16H24N2O. The number of nitrogens with one attached hydrogen (secondary N) is 1.